The maximum atomic E-state index is 12.2. The first-order valence-electron chi connectivity index (χ1n) is 11.8. The Kier molecular flexibility index (Phi) is 5.84. The second kappa shape index (κ2) is 8.95. The number of hydrogen-bond acceptors (Lipinski definition) is 4. The number of amides is 1. The van der Waals surface area contributed by atoms with Crippen molar-refractivity contribution in [2.24, 2.45) is 0 Å². The van der Waals surface area contributed by atoms with Gasteiger partial charge in [-0.2, -0.15) is 0 Å². The molecule has 0 bridgehead atoms. The third-order valence-electron chi connectivity index (χ3n) is 6.74. The first kappa shape index (κ1) is 22.2. The van der Waals surface area contributed by atoms with Gasteiger partial charge in [0, 0.05) is 79.9 Å². The molecule has 2 aromatic heterocycles. The van der Waals surface area contributed by atoms with Crippen LogP contribution in [0.4, 0.5) is 5.69 Å². The van der Waals surface area contributed by atoms with Crippen LogP contribution in [0.3, 0.4) is 0 Å². The Labute approximate surface area is 200 Å². The number of pyridine rings is 1. The minimum atomic E-state index is 0.00356. The van der Waals surface area contributed by atoms with E-state index in [0.29, 0.717) is 11.6 Å². The molecule has 5 rings (SSSR count). The molecular formula is C28H31N5O. The molecule has 174 valence electrons. The molecule has 2 aromatic carbocycles. The zero-order valence-corrected chi connectivity index (χ0v) is 20.2. The van der Waals surface area contributed by atoms with E-state index in [1.54, 1.807) is 19.0 Å². The highest BCUT2D eigenvalue weighted by atomic mass is 16.2. The number of fused-ring (bicyclic) bond motifs is 1. The Balaban J connectivity index is 1.42. The predicted molar refractivity (Wildman–Crippen MR) is 139 cm³/mol. The summed E-state index contributed by atoms with van der Waals surface area (Å²) in [6, 6.07) is 19.3. The second-order valence-electron chi connectivity index (χ2n) is 9.45. The van der Waals surface area contributed by atoms with Gasteiger partial charge in [-0.1, -0.05) is 24.3 Å². The smallest absolute Gasteiger partial charge is 0.253 e. The Bertz CT molecular complexity index is 1310. The number of hydrogen-bond donors (Lipinski definition) is 1. The van der Waals surface area contributed by atoms with E-state index in [1.165, 1.54) is 5.69 Å². The number of anilines is 1. The third kappa shape index (κ3) is 4.17. The number of rotatable bonds is 4. The van der Waals surface area contributed by atoms with Crippen LogP contribution in [0.25, 0.3) is 33.3 Å². The summed E-state index contributed by atoms with van der Waals surface area (Å²) in [5, 5.41) is 1.07. The van der Waals surface area contributed by atoms with Gasteiger partial charge in [-0.15, -0.1) is 0 Å². The first-order valence-corrected chi connectivity index (χ1v) is 11.8. The fourth-order valence-electron chi connectivity index (χ4n) is 4.82. The number of likely N-dealkylation sites (N-methyl/N-ethyl adjacent to an activating group) is 1. The molecule has 4 aromatic rings. The van der Waals surface area contributed by atoms with Crippen molar-refractivity contribution in [3.05, 3.63) is 72.6 Å². The topological polar surface area (TPSA) is 55.5 Å². The van der Waals surface area contributed by atoms with Gasteiger partial charge in [0.25, 0.3) is 5.91 Å². The Morgan fingerprint density at radius 3 is 2.38 bits per heavy atom. The fraction of sp³-hybridized carbons (Fsp3) is 0.286. The molecule has 1 saturated heterocycles. The molecular weight excluding hydrogens is 422 g/mol. The first-order chi connectivity index (χ1) is 16.4. The van der Waals surface area contributed by atoms with E-state index in [2.05, 4.69) is 64.1 Å². The molecule has 1 N–H and O–H groups in total. The highest BCUT2D eigenvalue weighted by Gasteiger charge is 2.21. The second-order valence-corrected chi connectivity index (χ2v) is 9.45. The number of benzene rings is 2. The highest BCUT2D eigenvalue weighted by Crippen LogP contribution is 2.32. The lowest BCUT2D eigenvalue weighted by molar-refractivity contribution is 0.0827. The lowest BCUT2D eigenvalue weighted by Gasteiger charge is -2.39. The predicted octanol–water partition coefficient (Wildman–Crippen LogP) is 4.74. The van der Waals surface area contributed by atoms with Crippen molar-refractivity contribution in [2.75, 3.05) is 45.7 Å². The van der Waals surface area contributed by atoms with Gasteiger partial charge in [-0.25, -0.2) is 4.98 Å². The van der Waals surface area contributed by atoms with Crippen LogP contribution >= 0.6 is 0 Å². The SMILES string of the molecule is CC1CN(C)CCN1c1ccc(-c2cnc3[nH]cc(-c4ccc(C(=O)N(C)C)cc4)c3c2)cc1. The molecule has 3 heterocycles. The maximum Gasteiger partial charge on any atom is 0.253 e. The van der Waals surface area contributed by atoms with Gasteiger partial charge >= 0.3 is 0 Å². The summed E-state index contributed by atoms with van der Waals surface area (Å²) >= 11 is 0. The largest absolute Gasteiger partial charge is 0.366 e. The number of nitrogens with one attached hydrogen (secondary N) is 1. The van der Waals surface area contributed by atoms with E-state index >= 15 is 0 Å². The molecule has 34 heavy (non-hydrogen) atoms. The van der Waals surface area contributed by atoms with Crippen LogP contribution in [0, 0.1) is 0 Å². The molecule has 1 aliphatic rings. The third-order valence-corrected chi connectivity index (χ3v) is 6.74. The lowest BCUT2D eigenvalue weighted by atomic mass is 10.0. The van der Waals surface area contributed by atoms with Crippen molar-refractivity contribution in [1.29, 1.82) is 0 Å². The van der Waals surface area contributed by atoms with Gasteiger partial charge in [0.2, 0.25) is 0 Å². The minimum absolute atomic E-state index is 0.00356. The van der Waals surface area contributed by atoms with Crippen molar-refractivity contribution in [2.45, 2.75) is 13.0 Å². The summed E-state index contributed by atoms with van der Waals surface area (Å²) in [7, 11) is 5.72. The van der Waals surface area contributed by atoms with Crippen molar-refractivity contribution in [1.82, 2.24) is 19.8 Å². The Morgan fingerprint density at radius 1 is 1.00 bits per heavy atom. The van der Waals surface area contributed by atoms with Crippen LogP contribution in [0.1, 0.15) is 17.3 Å². The van der Waals surface area contributed by atoms with Gasteiger partial charge in [-0.3, -0.25) is 4.79 Å². The van der Waals surface area contributed by atoms with Crippen molar-refractivity contribution in [3.8, 4) is 22.3 Å². The molecule has 6 heteroatoms. The van der Waals surface area contributed by atoms with E-state index in [1.807, 2.05) is 36.7 Å². The average Bonchev–Trinajstić information content (AvgIpc) is 3.27. The Hall–Kier alpha value is -3.64. The van der Waals surface area contributed by atoms with Crippen LogP contribution in [0.2, 0.25) is 0 Å². The molecule has 1 amide bonds. The van der Waals surface area contributed by atoms with Gasteiger partial charge in [0.15, 0.2) is 0 Å². The molecule has 0 radical (unpaired) electrons. The molecule has 1 aliphatic heterocycles. The summed E-state index contributed by atoms with van der Waals surface area (Å²) in [6.07, 6.45) is 3.91. The van der Waals surface area contributed by atoms with Crippen LogP contribution in [-0.4, -0.2) is 72.5 Å². The van der Waals surface area contributed by atoms with Crippen molar-refractivity contribution in [3.63, 3.8) is 0 Å². The summed E-state index contributed by atoms with van der Waals surface area (Å²) in [4.78, 5) is 26.6. The maximum absolute atomic E-state index is 12.2. The quantitative estimate of drug-likeness (QED) is 0.485. The normalized spacial score (nSPS) is 16.7. The molecule has 6 nitrogen and oxygen atoms in total. The monoisotopic (exact) mass is 453 g/mol. The highest BCUT2D eigenvalue weighted by molar-refractivity contribution is 5.98. The number of carbonyl (C=O) groups excluding carboxylic acids is 1. The number of aromatic nitrogens is 2. The van der Waals surface area contributed by atoms with Gasteiger partial charge in [-0.05, 0) is 55.4 Å². The lowest BCUT2D eigenvalue weighted by Crippen LogP contribution is -2.50. The van der Waals surface area contributed by atoms with E-state index in [9.17, 15) is 4.79 Å². The number of carbonyl (C=O) groups is 1. The molecule has 0 spiro atoms. The van der Waals surface area contributed by atoms with E-state index < -0.39 is 0 Å². The molecule has 1 atom stereocenters. The van der Waals surface area contributed by atoms with Gasteiger partial charge in [0.1, 0.15) is 5.65 Å². The van der Waals surface area contributed by atoms with Crippen LogP contribution < -0.4 is 4.90 Å². The fourth-order valence-corrected chi connectivity index (χ4v) is 4.82. The molecule has 1 fully saturated rings. The van der Waals surface area contributed by atoms with Gasteiger partial charge in [0.05, 0.1) is 0 Å². The Morgan fingerprint density at radius 2 is 1.71 bits per heavy atom. The molecule has 0 saturated carbocycles. The van der Waals surface area contributed by atoms with E-state index in [4.69, 9.17) is 0 Å². The minimum Gasteiger partial charge on any atom is -0.366 e. The number of H-pyrrole nitrogens is 1. The standard InChI is InChI=1S/C28H31N5O/c1-19-18-32(4)13-14-33(19)24-11-9-20(10-12-24)23-15-25-26(17-30-27(25)29-16-23)21-5-7-22(8-6-21)28(34)31(2)3/h5-12,15-17,19H,13-14,18H2,1-4H3,(H,29,30). The van der Waals surface area contributed by atoms with Gasteiger partial charge < -0.3 is 19.7 Å². The summed E-state index contributed by atoms with van der Waals surface area (Å²) < 4.78 is 0. The number of nitrogens with zero attached hydrogens (tertiary/aromatic N) is 4. The van der Waals surface area contributed by atoms with Crippen molar-refractivity contribution < 1.29 is 4.79 Å². The number of piperazine rings is 1. The van der Waals surface area contributed by atoms with Crippen LogP contribution in [0.5, 0.6) is 0 Å². The van der Waals surface area contributed by atoms with E-state index in [0.717, 1.165) is 52.9 Å². The van der Waals surface area contributed by atoms with Crippen LogP contribution in [0.15, 0.2) is 67.0 Å². The molecule has 0 aliphatic carbocycles. The summed E-state index contributed by atoms with van der Waals surface area (Å²) in [5.74, 6) is 0.00356. The summed E-state index contributed by atoms with van der Waals surface area (Å²) in [6.45, 7) is 5.52. The van der Waals surface area contributed by atoms with E-state index in [-0.39, 0.29) is 5.91 Å². The zero-order chi connectivity index (χ0) is 23.8. The zero-order valence-electron chi connectivity index (χ0n) is 20.2. The number of aromatic amines is 1. The summed E-state index contributed by atoms with van der Waals surface area (Å²) in [5.41, 5.74) is 7.19. The van der Waals surface area contributed by atoms with Crippen LogP contribution in [-0.2, 0) is 0 Å². The van der Waals surface area contributed by atoms with Crippen molar-refractivity contribution >= 4 is 22.6 Å². The average molecular weight is 454 g/mol. The molecule has 1 unspecified atom stereocenters.